The smallest absolute Gasteiger partial charge is 0.306 e. The number of alkyl halides is 3. The predicted molar refractivity (Wildman–Crippen MR) is 42.6 cm³/mol. The molecule has 0 bridgehead atoms. The maximum Gasteiger partial charge on any atom is 0.391 e. The van der Waals surface area contributed by atoms with Crippen molar-refractivity contribution in [1.82, 2.24) is 0 Å². The van der Waals surface area contributed by atoms with Gasteiger partial charge in [-0.2, -0.15) is 13.2 Å². The lowest BCUT2D eigenvalue weighted by Gasteiger charge is -2.27. The fourth-order valence-electron chi connectivity index (χ4n) is 1.59. The molecule has 6 heteroatoms. The minimum Gasteiger partial charge on any atom is -0.306 e. The van der Waals surface area contributed by atoms with Gasteiger partial charge in [0.1, 0.15) is 0 Å². The Bertz CT molecular complexity index is 196. The summed E-state index contributed by atoms with van der Waals surface area (Å²) in [6.07, 6.45) is -3.76. The van der Waals surface area contributed by atoms with Crippen LogP contribution in [-0.4, -0.2) is 20.2 Å². The fraction of sp³-hybridized carbons (Fsp3) is 1.00. The van der Waals surface area contributed by atoms with Gasteiger partial charge >= 0.3 is 6.18 Å². The quantitative estimate of drug-likeness (QED) is 0.683. The summed E-state index contributed by atoms with van der Waals surface area (Å²) in [6, 6.07) is 0. The Morgan fingerprint density at radius 3 is 1.92 bits per heavy atom. The molecule has 78 valence electrons. The summed E-state index contributed by atoms with van der Waals surface area (Å²) in [5.74, 6) is -1.27. The van der Waals surface area contributed by atoms with E-state index >= 15 is 0 Å². The Morgan fingerprint density at radius 2 is 1.62 bits per heavy atom. The first-order valence-electron chi connectivity index (χ1n) is 4.07. The number of halogens is 3. The second kappa shape index (κ2) is 3.96. The van der Waals surface area contributed by atoms with Crippen LogP contribution >= 0.6 is 0 Å². The van der Waals surface area contributed by atoms with E-state index in [0.717, 1.165) is 0 Å². The van der Waals surface area contributed by atoms with Crippen molar-refractivity contribution in [2.45, 2.75) is 37.1 Å². The lowest BCUT2D eigenvalue weighted by molar-refractivity contribution is -0.181. The third kappa shape index (κ3) is 2.95. The van der Waals surface area contributed by atoms with Gasteiger partial charge in [-0.25, -0.2) is 4.21 Å². The molecular formula is C7H11F3O2S. The molecule has 1 aliphatic carbocycles. The minimum atomic E-state index is -4.14. The van der Waals surface area contributed by atoms with Gasteiger partial charge in [0, 0.05) is 0 Å². The molecule has 0 aliphatic heterocycles. The summed E-state index contributed by atoms with van der Waals surface area (Å²) in [5.41, 5.74) is 0. The summed E-state index contributed by atoms with van der Waals surface area (Å²) in [4.78, 5) is 0. The first kappa shape index (κ1) is 11.0. The van der Waals surface area contributed by atoms with Gasteiger partial charge in [-0.15, -0.1) is 0 Å². The largest absolute Gasteiger partial charge is 0.391 e. The van der Waals surface area contributed by atoms with Crippen molar-refractivity contribution in [3.05, 3.63) is 0 Å². The number of hydrogen-bond donors (Lipinski definition) is 1. The van der Waals surface area contributed by atoms with E-state index < -0.39 is 28.4 Å². The molecule has 1 unspecified atom stereocenters. The van der Waals surface area contributed by atoms with Crippen molar-refractivity contribution in [1.29, 1.82) is 0 Å². The van der Waals surface area contributed by atoms with Crippen LogP contribution in [-0.2, 0) is 11.1 Å². The average Bonchev–Trinajstić information content (AvgIpc) is 2.03. The molecule has 0 radical (unpaired) electrons. The van der Waals surface area contributed by atoms with Gasteiger partial charge < -0.3 is 4.55 Å². The van der Waals surface area contributed by atoms with E-state index in [-0.39, 0.29) is 25.7 Å². The van der Waals surface area contributed by atoms with E-state index in [1.165, 1.54) is 0 Å². The molecule has 0 aromatic rings. The van der Waals surface area contributed by atoms with Crippen LogP contribution in [0.2, 0.25) is 0 Å². The van der Waals surface area contributed by atoms with Crippen LogP contribution in [0.1, 0.15) is 25.7 Å². The highest BCUT2D eigenvalue weighted by atomic mass is 32.2. The van der Waals surface area contributed by atoms with Gasteiger partial charge in [-0.3, -0.25) is 0 Å². The maximum absolute atomic E-state index is 12.1. The molecule has 0 saturated heterocycles. The second-order valence-corrected chi connectivity index (χ2v) is 4.51. The summed E-state index contributed by atoms with van der Waals surface area (Å²) in [5, 5.41) is -0.460. The van der Waals surface area contributed by atoms with Crippen molar-refractivity contribution in [3.63, 3.8) is 0 Å². The second-order valence-electron chi connectivity index (χ2n) is 3.29. The highest BCUT2D eigenvalue weighted by Gasteiger charge is 2.42. The van der Waals surface area contributed by atoms with E-state index in [2.05, 4.69) is 0 Å². The van der Waals surface area contributed by atoms with Gasteiger partial charge in [0.25, 0.3) is 0 Å². The summed E-state index contributed by atoms with van der Waals surface area (Å²) in [6.45, 7) is 0. The van der Waals surface area contributed by atoms with Gasteiger partial charge in [-0.05, 0) is 25.7 Å². The zero-order chi connectivity index (χ0) is 10.1. The molecule has 0 spiro atoms. The molecule has 1 N–H and O–H groups in total. The van der Waals surface area contributed by atoms with E-state index in [1.54, 1.807) is 0 Å². The molecule has 1 atom stereocenters. The lowest BCUT2D eigenvalue weighted by atomic mass is 9.88. The number of rotatable bonds is 1. The molecule has 1 rings (SSSR count). The van der Waals surface area contributed by atoms with E-state index in [9.17, 15) is 17.4 Å². The Morgan fingerprint density at radius 1 is 1.15 bits per heavy atom. The van der Waals surface area contributed by atoms with Crippen LogP contribution in [0.3, 0.4) is 0 Å². The molecule has 1 fully saturated rings. The molecular weight excluding hydrogens is 205 g/mol. The van der Waals surface area contributed by atoms with Crippen molar-refractivity contribution < 1.29 is 21.9 Å². The van der Waals surface area contributed by atoms with Crippen molar-refractivity contribution in [3.8, 4) is 0 Å². The van der Waals surface area contributed by atoms with Crippen LogP contribution < -0.4 is 0 Å². The maximum atomic E-state index is 12.1. The van der Waals surface area contributed by atoms with Gasteiger partial charge in [0.05, 0.1) is 11.2 Å². The third-order valence-electron chi connectivity index (χ3n) is 2.42. The lowest BCUT2D eigenvalue weighted by Crippen LogP contribution is -2.31. The molecule has 1 saturated carbocycles. The van der Waals surface area contributed by atoms with Crippen molar-refractivity contribution in [2.24, 2.45) is 5.92 Å². The highest BCUT2D eigenvalue weighted by molar-refractivity contribution is 7.79. The first-order valence-corrected chi connectivity index (χ1v) is 5.24. The van der Waals surface area contributed by atoms with Crippen LogP contribution in [0.25, 0.3) is 0 Å². The van der Waals surface area contributed by atoms with Gasteiger partial charge in [-0.1, -0.05) is 0 Å². The fourth-order valence-corrected chi connectivity index (χ4v) is 2.27. The Balaban J connectivity index is 2.44. The zero-order valence-electron chi connectivity index (χ0n) is 6.88. The minimum absolute atomic E-state index is 0.0134. The molecule has 0 aromatic carbocycles. The molecule has 0 amide bonds. The van der Waals surface area contributed by atoms with Crippen LogP contribution in [0.4, 0.5) is 13.2 Å². The molecule has 13 heavy (non-hydrogen) atoms. The van der Waals surface area contributed by atoms with Gasteiger partial charge in [0.2, 0.25) is 0 Å². The van der Waals surface area contributed by atoms with E-state index in [1.807, 2.05) is 0 Å². The topological polar surface area (TPSA) is 37.3 Å². The summed E-state index contributed by atoms with van der Waals surface area (Å²) in [7, 11) is 0. The molecule has 1 aliphatic rings. The van der Waals surface area contributed by atoms with Crippen molar-refractivity contribution >= 4 is 11.1 Å². The standard InChI is InChI=1S/C7H11F3O2S/c8-7(9,10)5-1-3-6(4-2-5)13(11)12/h5-6H,1-4H2,(H,11,12). The highest BCUT2D eigenvalue weighted by Crippen LogP contribution is 2.38. The average molecular weight is 216 g/mol. The molecule has 0 aromatic heterocycles. The number of hydrogen-bond acceptors (Lipinski definition) is 1. The van der Waals surface area contributed by atoms with Crippen LogP contribution in [0.15, 0.2) is 0 Å². The zero-order valence-corrected chi connectivity index (χ0v) is 7.70. The summed E-state index contributed by atoms with van der Waals surface area (Å²) >= 11 is -1.96. The van der Waals surface area contributed by atoms with Crippen LogP contribution in [0, 0.1) is 5.92 Å². The molecule has 2 nitrogen and oxygen atoms in total. The Hall–Kier alpha value is -0.100. The SMILES string of the molecule is O=S(O)C1CCC(C(F)(F)F)CC1. The Labute approximate surface area is 76.8 Å². The molecule has 0 heterocycles. The van der Waals surface area contributed by atoms with E-state index in [0.29, 0.717) is 0 Å². The Kier molecular flexibility index (Phi) is 3.34. The third-order valence-corrected chi connectivity index (χ3v) is 3.46. The normalized spacial score (nSPS) is 32.9. The summed E-state index contributed by atoms with van der Waals surface area (Å²) < 4.78 is 55.6. The first-order chi connectivity index (χ1) is 5.91. The van der Waals surface area contributed by atoms with E-state index in [4.69, 9.17) is 4.55 Å². The predicted octanol–water partition coefficient (Wildman–Crippen LogP) is 2.33. The van der Waals surface area contributed by atoms with Crippen molar-refractivity contribution in [2.75, 3.05) is 0 Å². The van der Waals surface area contributed by atoms with Crippen LogP contribution in [0.5, 0.6) is 0 Å². The monoisotopic (exact) mass is 216 g/mol. The van der Waals surface area contributed by atoms with Gasteiger partial charge in [0.15, 0.2) is 11.1 Å².